The summed E-state index contributed by atoms with van der Waals surface area (Å²) in [7, 11) is 0. The molecule has 1 aromatic heterocycles. The lowest BCUT2D eigenvalue weighted by atomic mass is 10.3. The van der Waals surface area contributed by atoms with Gasteiger partial charge in [0.15, 0.2) is 0 Å². The molecule has 6 heteroatoms. The molecule has 21 heavy (non-hydrogen) atoms. The molecule has 0 atom stereocenters. The van der Waals surface area contributed by atoms with Crippen LogP contribution in [0.1, 0.15) is 19.8 Å². The highest BCUT2D eigenvalue weighted by Crippen LogP contribution is 2.04. The van der Waals surface area contributed by atoms with Crippen LogP contribution < -0.4 is 10.1 Å². The van der Waals surface area contributed by atoms with Crippen LogP contribution in [-0.2, 0) is 14.3 Å². The number of hydrogen-bond donors (Lipinski definition) is 1. The predicted octanol–water partition coefficient (Wildman–Crippen LogP) is 0.923. The van der Waals surface area contributed by atoms with Crippen molar-refractivity contribution in [2.24, 2.45) is 0 Å². The van der Waals surface area contributed by atoms with E-state index in [9.17, 15) is 9.59 Å². The third-order valence-electron chi connectivity index (χ3n) is 2.31. The van der Waals surface area contributed by atoms with E-state index in [1.165, 1.54) is 0 Å². The summed E-state index contributed by atoms with van der Waals surface area (Å²) < 4.78 is 10.0. The smallest absolute Gasteiger partial charge is 0.306 e. The third-order valence-corrected chi connectivity index (χ3v) is 2.31. The van der Waals surface area contributed by atoms with Crippen molar-refractivity contribution in [2.45, 2.75) is 19.8 Å². The van der Waals surface area contributed by atoms with E-state index in [4.69, 9.17) is 9.47 Å². The quantitative estimate of drug-likeness (QED) is 0.597. The minimum absolute atomic E-state index is 0.0806. The fourth-order valence-electron chi connectivity index (χ4n) is 1.35. The number of carbonyl (C=O) groups is 2. The Balaban J connectivity index is 2.09. The van der Waals surface area contributed by atoms with Gasteiger partial charge < -0.3 is 14.8 Å². The standard InChI is InChI=1S/C15H18N2O4/c1-2-20-15(19)8-7-14(18)17-10-3-4-11-21-13-6-5-9-16-12-13/h5-6,9,12H,2,7-8,10-11H2,1H3,(H,17,18). The zero-order valence-corrected chi connectivity index (χ0v) is 11.9. The Morgan fingerprint density at radius 3 is 2.90 bits per heavy atom. The van der Waals surface area contributed by atoms with Crippen molar-refractivity contribution in [3.05, 3.63) is 24.5 Å². The molecule has 0 aliphatic carbocycles. The molecule has 1 N–H and O–H groups in total. The second-order valence-electron chi connectivity index (χ2n) is 3.91. The van der Waals surface area contributed by atoms with Gasteiger partial charge in [0, 0.05) is 12.6 Å². The summed E-state index contributed by atoms with van der Waals surface area (Å²) in [4.78, 5) is 26.3. The lowest BCUT2D eigenvalue weighted by Crippen LogP contribution is -2.24. The van der Waals surface area contributed by atoms with E-state index in [1.807, 2.05) is 0 Å². The first-order valence-corrected chi connectivity index (χ1v) is 6.63. The molecule has 1 rings (SSSR count). The highest BCUT2D eigenvalue weighted by Gasteiger charge is 2.05. The SMILES string of the molecule is CCOC(=O)CCC(=O)NCC#CCOc1cccnc1. The summed E-state index contributed by atoms with van der Waals surface area (Å²) in [5.74, 6) is 5.56. The van der Waals surface area contributed by atoms with Crippen molar-refractivity contribution < 1.29 is 19.1 Å². The molecule has 1 aromatic rings. The molecule has 1 heterocycles. The Morgan fingerprint density at radius 1 is 1.33 bits per heavy atom. The minimum atomic E-state index is -0.372. The Kier molecular flexibility index (Phi) is 8.07. The Hall–Kier alpha value is -2.55. The Labute approximate surface area is 123 Å². The summed E-state index contributed by atoms with van der Waals surface area (Å²) in [5.41, 5.74) is 0. The average Bonchev–Trinajstić information content (AvgIpc) is 2.50. The van der Waals surface area contributed by atoms with Crippen LogP contribution in [0.4, 0.5) is 0 Å². The maximum absolute atomic E-state index is 11.4. The van der Waals surface area contributed by atoms with Crippen LogP contribution in [0.5, 0.6) is 5.75 Å². The van der Waals surface area contributed by atoms with Crippen molar-refractivity contribution in [3.8, 4) is 17.6 Å². The number of amides is 1. The van der Waals surface area contributed by atoms with Crippen LogP contribution in [-0.4, -0.2) is 36.6 Å². The van der Waals surface area contributed by atoms with Gasteiger partial charge in [-0.2, -0.15) is 0 Å². The van der Waals surface area contributed by atoms with Crippen molar-refractivity contribution in [2.75, 3.05) is 19.8 Å². The van der Waals surface area contributed by atoms with E-state index in [0.29, 0.717) is 12.4 Å². The van der Waals surface area contributed by atoms with Crippen LogP contribution in [0.3, 0.4) is 0 Å². The van der Waals surface area contributed by atoms with E-state index in [0.717, 1.165) is 0 Å². The molecule has 0 aromatic carbocycles. The first kappa shape index (κ1) is 16.5. The van der Waals surface area contributed by atoms with Crippen LogP contribution >= 0.6 is 0 Å². The van der Waals surface area contributed by atoms with Gasteiger partial charge in [-0.15, -0.1) is 0 Å². The van der Waals surface area contributed by atoms with Crippen LogP contribution in [0, 0.1) is 11.8 Å². The highest BCUT2D eigenvalue weighted by atomic mass is 16.5. The zero-order valence-electron chi connectivity index (χ0n) is 11.9. The van der Waals surface area contributed by atoms with E-state index in [1.54, 1.807) is 31.5 Å². The number of esters is 1. The molecule has 112 valence electrons. The normalized spacial score (nSPS) is 9.19. The van der Waals surface area contributed by atoms with Gasteiger partial charge in [0.05, 0.1) is 25.8 Å². The zero-order chi connectivity index (χ0) is 15.3. The van der Waals surface area contributed by atoms with Gasteiger partial charge in [0.2, 0.25) is 5.91 Å². The fraction of sp³-hybridized carbons (Fsp3) is 0.400. The van der Waals surface area contributed by atoms with Crippen molar-refractivity contribution in [3.63, 3.8) is 0 Å². The number of nitrogens with zero attached hydrogens (tertiary/aromatic N) is 1. The number of pyridine rings is 1. The topological polar surface area (TPSA) is 77.5 Å². The number of rotatable bonds is 7. The molecule has 0 radical (unpaired) electrons. The maximum atomic E-state index is 11.4. The van der Waals surface area contributed by atoms with E-state index < -0.39 is 0 Å². The molecule has 0 fully saturated rings. The van der Waals surface area contributed by atoms with Gasteiger partial charge in [-0.1, -0.05) is 11.8 Å². The first-order valence-electron chi connectivity index (χ1n) is 6.63. The Morgan fingerprint density at radius 2 is 2.19 bits per heavy atom. The van der Waals surface area contributed by atoms with Crippen molar-refractivity contribution >= 4 is 11.9 Å². The molecular formula is C15H18N2O4. The van der Waals surface area contributed by atoms with Crippen LogP contribution in [0.2, 0.25) is 0 Å². The molecule has 6 nitrogen and oxygen atoms in total. The molecule has 1 amide bonds. The van der Waals surface area contributed by atoms with Gasteiger partial charge in [0.1, 0.15) is 12.4 Å². The largest absolute Gasteiger partial charge is 0.479 e. The number of ether oxygens (including phenoxy) is 2. The van der Waals surface area contributed by atoms with E-state index >= 15 is 0 Å². The lowest BCUT2D eigenvalue weighted by Gasteiger charge is -2.02. The highest BCUT2D eigenvalue weighted by molar-refractivity contribution is 5.81. The number of aromatic nitrogens is 1. The van der Waals surface area contributed by atoms with Gasteiger partial charge in [-0.25, -0.2) is 0 Å². The molecule has 0 unspecified atom stereocenters. The second kappa shape index (κ2) is 10.3. The van der Waals surface area contributed by atoms with Gasteiger partial charge >= 0.3 is 5.97 Å². The van der Waals surface area contributed by atoms with Crippen molar-refractivity contribution in [1.82, 2.24) is 10.3 Å². The van der Waals surface area contributed by atoms with Gasteiger partial charge in [-0.05, 0) is 19.1 Å². The third kappa shape index (κ3) is 8.26. The van der Waals surface area contributed by atoms with Crippen LogP contribution in [0.25, 0.3) is 0 Å². The lowest BCUT2D eigenvalue weighted by molar-refractivity contribution is -0.144. The molecule has 0 bridgehead atoms. The molecule has 0 spiro atoms. The Bertz CT molecular complexity index is 505. The van der Waals surface area contributed by atoms with E-state index in [2.05, 4.69) is 22.1 Å². The summed E-state index contributed by atoms with van der Waals surface area (Å²) >= 11 is 0. The van der Waals surface area contributed by atoms with E-state index in [-0.39, 0.29) is 37.9 Å². The number of nitrogens with one attached hydrogen (secondary N) is 1. The summed E-state index contributed by atoms with van der Waals surface area (Å²) in [6, 6.07) is 3.55. The number of hydrogen-bond acceptors (Lipinski definition) is 5. The molecule has 0 aliphatic rings. The molecule has 0 aliphatic heterocycles. The molecule has 0 saturated heterocycles. The summed E-state index contributed by atoms with van der Waals surface area (Å²) in [6.07, 6.45) is 3.44. The van der Waals surface area contributed by atoms with Gasteiger partial charge in [-0.3, -0.25) is 14.6 Å². The summed E-state index contributed by atoms with van der Waals surface area (Å²) in [5, 5.41) is 2.59. The fourth-order valence-corrected chi connectivity index (χ4v) is 1.35. The predicted molar refractivity (Wildman–Crippen MR) is 76.4 cm³/mol. The summed E-state index contributed by atoms with van der Waals surface area (Å²) in [6.45, 7) is 2.49. The minimum Gasteiger partial charge on any atom is -0.479 e. The molecular weight excluding hydrogens is 272 g/mol. The monoisotopic (exact) mass is 290 g/mol. The van der Waals surface area contributed by atoms with Crippen molar-refractivity contribution in [1.29, 1.82) is 0 Å². The van der Waals surface area contributed by atoms with Gasteiger partial charge in [0.25, 0.3) is 0 Å². The molecule has 0 saturated carbocycles. The second-order valence-corrected chi connectivity index (χ2v) is 3.91. The van der Waals surface area contributed by atoms with Crippen LogP contribution in [0.15, 0.2) is 24.5 Å². The number of carbonyl (C=O) groups excluding carboxylic acids is 2. The average molecular weight is 290 g/mol. The first-order chi connectivity index (χ1) is 10.2. The maximum Gasteiger partial charge on any atom is 0.306 e.